The van der Waals surface area contributed by atoms with Crippen LogP contribution in [0.25, 0.3) is 0 Å². The number of hydrogen-bond donors (Lipinski definition) is 1. The Balaban J connectivity index is 1.86. The van der Waals surface area contributed by atoms with Crippen LogP contribution in [0.2, 0.25) is 0 Å². The van der Waals surface area contributed by atoms with Crippen LogP contribution < -0.4 is 5.32 Å². The zero-order valence-corrected chi connectivity index (χ0v) is 10.6. The van der Waals surface area contributed by atoms with E-state index in [1.54, 1.807) is 0 Å². The summed E-state index contributed by atoms with van der Waals surface area (Å²) >= 11 is 0. The molecule has 0 spiro atoms. The van der Waals surface area contributed by atoms with Gasteiger partial charge in [0.25, 0.3) is 5.91 Å². The van der Waals surface area contributed by atoms with Crippen LogP contribution in [0.15, 0.2) is 0 Å². The molecule has 1 amide bonds. The highest BCUT2D eigenvalue weighted by molar-refractivity contribution is 5.81. The first-order valence-corrected chi connectivity index (χ1v) is 6.41. The number of amides is 1. The third-order valence-corrected chi connectivity index (χ3v) is 3.39. The summed E-state index contributed by atoms with van der Waals surface area (Å²) in [6.07, 6.45) is 1.95. The van der Waals surface area contributed by atoms with E-state index in [4.69, 9.17) is 9.47 Å². The quantitative estimate of drug-likeness (QED) is 0.757. The van der Waals surface area contributed by atoms with Gasteiger partial charge < -0.3 is 19.7 Å². The van der Waals surface area contributed by atoms with Gasteiger partial charge in [0.1, 0.15) is 6.10 Å². The van der Waals surface area contributed by atoms with Gasteiger partial charge >= 0.3 is 0 Å². The topological polar surface area (TPSA) is 50.8 Å². The number of carbonyl (C=O) groups excluding carboxylic acids is 1. The summed E-state index contributed by atoms with van der Waals surface area (Å²) in [5.74, 6) is 0.138. The number of nitrogens with zero attached hydrogens (tertiary/aromatic N) is 1. The van der Waals surface area contributed by atoms with Crippen molar-refractivity contribution in [1.29, 1.82) is 0 Å². The lowest BCUT2D eigenvalue weighted by molar-refractivity contribution is -0.149. The molecule has 2 heterocycles. The molecule has 2 rings (SSSR count). The third-order valence-electron chi connectivity index (χ3n) is 3.39. The van der Waals surface area contributed by atoms with Gasteiger partial charge in [-0.15, -0.1) is 0 Å². The minimum Gasteiger partial charge on any atom is -0.373 e. The number of ether oxygens (including phenoxy) is 2. The van der Waals surface area contributed by atoms with Crippen LogP contribution in [0.4, 0.5) is 0 Å². The van der Waals surface area contributed by atoms with Gasteiger partial charge in [-0.2, -0.15) is 0 Å². The van der Waals surface area contributed by atoms with Crippen molar-refractivity contribution in [1.82, 2.24) is 10.2 Å². The Morgan fingerprint density at radius 3 is 2.94 bits per heavy atom. The fraction of sp³-hybridized carbons (Fsp3) is 0.917. The lowest BCUT2D eigenvalue weighted by atomic mass is 10.1. The maximum atomic E-state index is 12.2. The highest BCUT2D eigenvalue weighted by Gasteiger charge is 2.33. The molecule has 0 radical (unpaired) electrons. The van der Waals surface area contributed by atoms with Crippen LogP contribution in [0.3, 0.4) is 0 Å². The number of nitrogens with one attached hydrogen (secondary N) is 1. The van der Waals surface area contributed by atoms with E-state index in [1.165, 1.54) is 0 Å². The van der Waals surface area contributed by atoms with E-state index >= 15 is 0 Å². The molecule has 3 atom stereocenters. The second-order valence-electron chi connectivity index (χ2n) is 4.85. The number of rotatable bonds is 3. The molecule has 17 heavy (non-hydrogen) atoms. The van der Waals surface area contributed by atoms with Crippen LogP contribution in [0, 0.1) is 0 Å². The maximum absolute atomic E-state index is 12.2. The molecule has 3 unspecified atom stereocenters. The highest BCUT2D eigenvalue weighted by Crippen LogP contribution is 2.21. The molecule has 5 heteroatoms. The average molecular weight is 242 g/mol. The monoisotopic (exact) mass is 242 g/mol. The molecule has 2 saturated heterocycles. The van der Waals surface area contributed by atoms with Crippen molar-refractivity contribution in [2.75, 3.05) is 33.3 Å². The van der Waals surface area contributed by atoms with Gasteiger partial charge in [0.15, 0.2) is 0 Å². The van der Waals surface area contributed by atoms with Crippen molar-refractivity contribution in [2.45, 2.75) is 38.1 Å². The summed E-state index contributed by atoms with van der Waals surface area (Å²) in [4.78, 5) is 14.1. The molecule has 0 aromatic rings. The van der Waals surface area contributed by atoms with Gasteiger partial charge in [0.2, 0.25) is 0 Å². The number of morpholine rings is 1. The van der Waals surface area contributed by atoms with Crippen LogP contribution in [-0.4, -0.2) is 62.4 Å². The van der Waals surface area contributed by atoms with Crippen molar-refractivity contribution in [3.63, 3.8) is 0 Å². The summed E-state index contributed by atoms with van der Waals surface area (Å²) in [6.45, 7) is 4.80. The van der Waals surface area contributed by atoms with E-state index < -0.39 is 0 Å². The Morgan fingerprint density at radius 2 is 2.29 bits per heavy atom. The first kappa shape index (κ1) is 12.8. The van der Waals surface area contributed by atoms with Crippen molar-refractivity contribution in [3.05, 3.63) is 0 Å². The van der Waals surface area contributed by atoms with E-state index in [-0.39, 0.29) is 24.2 Å². The maximum Gasteiger partial charge on any atom is 0.251 e. The zero-order chi connectivity index (χ0) is 12.3. The van der Waals surface area contributed by atoms with Gasteiger partial charge in [-0.1, -0.05) is 0 Å². The molecule has 0 bridgehead atoms. The molecule has 0 aromatic heterocycles. The van der Waals surface area contributed by atoms with Crippen molar-refractivity contribution in [3.8, 4) is 0 Å². The Bertz CT molecular complexity index is 270. The fourth-order valence-electron chi connectivity index (χ4n) is 2.46. The molecule has 98 valence electrons. The molecule has 2 fully saturated rings. The predicted octanol–water partition coefficient (Wildman–Crippen LogP) is 0.000700. The zero-order valence-electron chi connectivity index (χ0n) is 10.6. The highest BCUT2D eigenvalue weighted by atomic mass is 16.5. The van der Waals surface area contributed by atoms with E-state index in [9.17, 15) is 4.79 Å². The molecular weight excluding hydrogens is 220 g/mol. The fourth-order valence-corrected chi connectivity index (χ4v) is 2.46. The largest absolute Gasteiger partial charge is 0.373 e. The first-order chi connectivity index (χ1) is 8.20. The van der Waals surface area contributed by atoms with Crippen LogP contribution in [0.1, 0.15) is 19.8 Å². The van der Waals surface area contributed by atoms with Crippen LogP contribution in [0.5, 0.6) is 0 Å². The standard InChI is InChI=1S/C12H22N2O3/c1-9-3-4-11(17-9)12(15)14-5-6-16-10(8-14)7-13-2/h9-11,13H,3-8H2,1-2H3. The van der Waals surface area contributed by atoms with Gasteiger partial charge in [-0.3, -0.25) is 4.79 Å². The average Bonchev–Trinajstić information content (AvgIpc) is 2.76. The van der Waals surface area contributed by atoms with E-state index in [2.05, 4.69) is 5.32 Å². The molecule has 0 saturated carbocycles. The minimum absolute atomic E-state index is 0.108. The Hall–Kier alpha value is -0.650. The van der Waals surface area contributed by atoms with Gasteiger partial charge in [0, 0.05) is 19.6 Å². The molecule has 0 aromatic carbocycles. The lowest BCUT2D eigenvalue weighted by Crippen LogP contribution is -2.51. The molecule has 1 N–H and O–H groups in total. The van der Waals surface area contributed by atoms with Gasteiger partial charge in [-0.05, 0) is 26.8 Å². The summed E-state index contributed by atoms with van der Waals surface area (Å²) in [7, 11) is 1.89. The summed E-state index contributed by atoms with van der Waals surface area (Å²) in [5.41, 5.74) is 0. The predicted molar refractivity (Wildman–Crippen MR) is 63.8 cm³/mol. The second-order valence-corrected chi connectivity index (χ2v) is 4.85. The summed E-state index contributed by atoms with van der Waals surface area (Å²) in [6, 6.07) is 0. The minimum atomic E-state index is -0.224. The molecular formula is C12H22N2O3. The second kappa shape index (κ2) is 5.80. The van der Waals surface area contributed by atoms with Crippen LogP contribution >= 0.6 is 0 Å². The SMILES string of the molecule is CNCC1CN(C(=O)C2CCC(C)O2)CCO1. The molecule has 2 aliphatic heterocycles. The smallest absolute Gasteiger partial charge is 0.251 e. The molecule has 0 aliphatic carbocycles. The molecule has 2 aliphatic rings. The summed E-state index contributed by atoms with van der Waals surface area (Å²) < 4.78 is 11.2. The van der Waals surface area contributed by atoms with Gasteiger partial charge in [-0.25, -0.2) is 0 Å². The normalized spacial score (nSPS) is 34.0. The first-order valence-electron chi connectivity index (χ1n) is 6.41. The van der Waals surface area contributed by atoms with Crippen molar-refractivity contribution < 1.29 is 14.3 Å². The molecule has 5 nitrogen and oxygen atoms in total. The number of hydrogen-bond acceptors (Lipinski definition) is 4. The van der Waals surface area contributed by atoms with E-state index in [1.807, 2.05) is 18.9 Å². The number of likely N-dealkylation sites (N-methyl/N-ethyl adjacent to an activating group) is 1. The Morgan fingerprint density at radius 1 is 1.47 bits per heavy atom. The lowest BCUT2D eigenvalue weighted by Gasteiger charge is -2.34. The summed E-state index contributed by atoms with van der Waals surface area (Å²) in [5, 5.41) is 3.08. The Labute approximate surface area is 102 Å². The van der Waals surface area contributed by atoms with Crippen molar-refractivity contribution in [2.24, 2.45) is 0 Å². The van der Waals surface area contributed by atoms with Crippen molar-refractivity contribution >= 4 is 5.91 Å². The number of carbonyl (C=O) groups is 1. The van der Waals surface area contributed by atoms with E-state index in [0.29, 0.717) is 19.7 Å². The van der Waals surface area contributed by atoms with E-state index in [0.717, 1.165) is 19.4 Å². The third kappa shape index (κ3) is 3.18. The Kier molecular flexibility index (Phi) is 4.36. The van der Waals surface area contributed by atoms with Crippen LogP contribution in [-0.2, 0) is 14.3 Å². The van der Waals surface area contributed by atoms with Gasteiger partial charge in [0.05, 0.1) is 18.8 Å².